The highest BCUT2D eigenvalue weighted by Crippen LogP contribution is 2.52. The van der Waals surface area contributed by atoms with Gasteiger partial charge in [0.1, 0.15) is 12.4 Å². The van der Waals surface area contributed by atoms with Gasteiger partial charge in [0, 0.05) is 17.4 Å². The van der Waals surface area contributed by atoms with Crippen molar-refractivity contribution in [3.63, 3.8) is 0 Å². The van der Waals surface area contributed by atoms with Crippen LogP contribution in [0.3, 0.4) is 0 Å². The zero-order valence-corrected chi connectivity index (χ0v) is 22.0. The fourth-order valence-corrected chi connectivity index (χ4v) is 5.21. The van der Waals surface area contributed by atoms with Gasteiger partial charge in [-0.2, -0.15) is 0 Å². The molecule has 6 nitrogen and oxygen atoms in total. The fraction of sp³-hybridized carbons (Fsp3) is 0.273. The number of aromatic hydroxyl groups is 1. The molecule has 4 aromatic rings. The lowest BCUT2D eigenvalue weighted by molar-refractivity contribution is 0.155. The minimum atomic E-state index is -0.834. The van der Waals surface area contributed by atoms with Gasteiger partial charge in [0.05, 0.1) is 0 Å². The minimum absolute atomic E-state index is 0.0351. The molecule has 0 bridgehead atoms. The fourth-order valence-electron chi connectivity index (χ4n) is 5.21. The number of benzene rings is 3. The Morgan fingerprint density at radius 3 is 2.13 bits per heavy atom. The van der Waals surface area contributed by atoms with Crippen molar-refractivity contribution in [1.82, 2.24) is 0 Å². The molecule has 3 aromatic carbocycles. The SMILES string of the molecule is CCC(Cc1ccccc1)c1oc(=O)c(NC(=O)OCc2ccccc2)c(O)c1C(c1ccccc1)C1CC1. The van der Waals surface area contributed by atoms with Crippen LogP contribution < -0.4 is 10.9 Å². The van der Waals surface area contributed by atoms with Gasteiger partial charge in [0.2, 0.25) is 0 Å². The van der Waals surface area contributed by atoms with E-state index in [9.17, 15) is 14.7 Å². The first-order valence-corrected chi connectivity index (χ1v) is 13.5. The van der Waals surface area contributed by atoms with Crippen LogP contribution in [0.4, 0.5) is 10.5 Å². The molecule has 0 aliphatic heterocycles. The maximum Gasteiger partial charge on any atom is 0.412 e. The van der Waals surface area contributed by atoms with Gasteiger partial charge in [-0.3, -0.25) is 5.32 Å². The monoisotopic (exact) mass is 523 g/mol. The molecular weight excluding hydrogens is 490 g/mol. The molecule has 0 radical (unpaired) electrons. The van der Waals surface area contributed by atoms with Crippen LogP contribution in [0.1, 0.15) is 66.0 Å². The van der Waals surface area contributed by atoms with Crippen molar-refractivity contribution in [3.05, 3.63) is 129 Å². The summed E-state index contributed by atoms with van der Waals surface area (Å²) < 4.78 is 11.3. The minimum Gasteiger partial charge on any atom is -0.505 e. The highest BCUT2D eigenvalue weighted by atomic mass is 16.5. The Hall–Kier alpha value is -4.32. The predicted octanol–water partition coefficient (Wildman–Crippen LogP) is 7.37. The average molecular weight is 524 g/mol. The van der Waals surface area contributed by atoms with E-state index in [0.717, 1.165) is 29.5 Å². The summed E-state index contributed by atoms with van der Waals surface area (Å²) >= 11 is 0. The van der Waals surface area contributed by atoms with E-state index in [0.29, 0.717) is 30.1 Å². The van der Waals surface area contributed by atoms with Crippen LogP contribution in [0.25, 0.3) is 0 Å². The Morgan fingerprint density at radius 1 is 0.949 bits per heavy atom. The summed E-state index contributed by atoms with van der Waals surface area (Å²) in [6, 6.07) is 29.3. The normalized spacial score (nSPS) is 14.4. The molecule has 1 amide bonds. The largest absolute Gasteiger partial charge is 0.505 e. The Kier molecular flexibility index (Phi) is 8.11. The number of rotatable bonds is 10. The summed E-state index contributed by atoms with van der Waals surface area (Å²) in [5.74, 6) is 0.233. The van der Waals surface area contributed by atoms with Crippen LogP contribution in [0.15, 0.2) is 100 Å². The summed E-state index contributed by atoms with van der Waals surface area (Å²) in [4.78, 5) is 25.9. The number of anilines is 1. The molecule has 1 fully saturated rings. The molecular formula is C33H33NO5. The summed E-state index contributed by atoms with van der Waals surface area (Å²) in [7, 11) is 0. The van der Waals surface area contributed by atoms with E-state index in [1.165, 1.54) is 0 Å². The number of ether oxygens (including phenoxy) is 1. The molecule has 1 aromatic heterocycles. The number of nitrogens with one attached hydrogen (secondary N) is 1. The van der Waals surface area contributed by atoms with Gasteiger partial charge >= 0.3 is 11.7 Å². The van der Waals surface area contributed by atoms with Crippen molar-refractivity contribution >= 4 is 11.8 Å². The lowest BCUT2D eigenvalue weighted by Gasteiger charge is -2.25. The summed E-state index contributed by atoms with van der Waals surface area (Å²) in [5.41, 5.74) is 2.46. The molecule has 2 unspecified atom stereocenters. The van der Waals surface area contributed by atoms with Crippen LogP contribution in [-0.2, 0) is 17.8 Å². The molecule has 6 heteroatoms. The molecule has 2 atom stereocenters. The molecule has 2 N–H and O–H groups in total. The summed E-state index contributed by atoms with van der Waals surface area (Å²) in [6.07, 6.45) is 2.55. The second-order valence-corrected chi connectivity index (χ2v) is 10.1. The van der Waals surface area contributed by atoms with Crippen LogP contribution in [0.5, 0.6) is 5.75 Å². The molecule has 0 saturated heterocycles. The Morgan fingerprint density at radius 2 is 1.54 bits per heavy atom. The Balaban J connectivity index is 1.54. The van der Waals surface area contributed by atoms with Gasteiger partial charge in [-0.15, -0.1) is 0 Å². The predicted molar refractivity (Wildman–Crippen MR) is 151 cm³/mol. The number of carbonyl (C=O) groups is 1. The van der Waals surface area contributed by atoms with Crippen molar-refractivity contribution in [2.75, 3.05) is 5.32 Å². The molecule has 200 valence electrons. The quantitative estimate of drug-likeness (QED) is 0.226. The lowest BCUT2D eigenvalue weighted by atomic mass is 9.81. The van der Waals surface area contributed by atoms with Gasteiger partial charge in [-0.25, -0.2) is 9.59 Å². The first-order chi connectivity index (χ1) is 19.0. The van der Waals surface area contributed by atoms with E-state index in [-0.39, 0.29) is 29.9 Å². The van der Waals surface area contributed by atoms with Crippen LogP contribution >= 0.6 is 0 Å². The molecule has 0 spiro atoms. The molecule has 1 aliphatic rings. The zero-order valence-electron chi connectivity index (χ0n) is 22.0. The molecule has 1 heterocycles. The second kappa shape index (κ2) is 12.0. The maximum absolute atomic E-state index is 13.2. The van der Waals surface area contributed by atoms with Gasteiger partial charge in [0.25, 0.3) is 0 Å². The second-order valence-electron chi connectivity index (χ2n) is 10.1. The van der Waals surface area contributed by atoms with Gasteiger partial charge in [-0.1, -0.05) is 97.9 Å². The van der Waals surface area contributed by atoms with Gasteiger partial charge < -0.3 is 14.3 Å². The first kappa shape index (κ1) is 26.3. The Bertz CT molecular complexity index is 1450. The van der Waals surface area contributed by atoms with Crippen molar-refractivity contribution in [2.24, 2.45) is 5.92 Å². The summed E-state index contributed by atoms with van der Waals surface area (Å²) in [5, 5.41) is 14.1. The third-order valence-corrected chi connectivity index (χ3v) is 7.36. The molecule has 1 aliphatic carbocycles. The van der Waals surface area contributed by atoms with Crippen molar-refractivity contribution < 1.29 is 19.1 Å². The number of hydrogen-bond donors (Lipinski definition) is 2. The molecule has 5 rings (SSSR count). The van der Waals surface area contributed by atoms with Crippen molar-refractivity contribution in [2.45, 2.75) is 51.0 Å². The van der Waals surface area contributed by atoms with E-state index in [1.807, 2.05) is 78.9 Å². The Labute approximate surface area is 228 Å². The van der Waals surface area contributed by atoms with E-state index in [4.69, 9.17) is 9.15 Å². The smallest absolute Gasteiger partial charge is 0.412 e. The number of amides is 1. The third kappa shape index (κ3) is 6.23. The highest BCUT2D eigenvalue weighted by Gasteiger charge is 2.39. The van der Waals surface area contributed by atoms with E-state index < -0.39 is 11.7 Å². The topological polar surface area (TPSA) is 88.8 Å². The van der Waals surface area contributed by atoms with Crippen molar-refractivity contribution in [1.29, 1.82) is 0 Å². The van der Waals surface area contributed by atoms with Crippen molar-refractivity contribution in [3.8, 4) is 5.75 Å². The summed E-state index contributed by atoms with van der Waals surface area (Å²) in [6.45, 7) is 2.09. The van der Waals surface area contributed by atoms with Crippen LogP contribution in [0, 0.1) is 5.92 Å². The maximum atomic E-state index is 13.2. The van der Waals surface area contributed by atoms with E-state index in [2.05, 4.69) is 24.4 Å². The highest BCUT2D eigenvalue weighted by molar-refractivity contribution is 5.86. The van der Waals surface area contributed by atoms with E-state index in [1.54, 1.807) is 0 Å². The number of carbonyl (C=O) groups excluding carboxylic acids is 1. The first-order valence-electron chi connectivity index (χ1n) is 13.5. The van der Waals surface area contributed by atoms with Crippen LogP contribution in [0.2, 0.25) is 0 Å². The number of hydrogen-bond acceptors (Lipinski definition) is 5. The lowest BCUT2D eigenvalue weighted by Crippen LogP contribution is -2.22. The average Bonchev–Trinajstić information content (AvgIpc) is 3.81. The van der Waals surface area contributed by atoms with Gasteiger partial charge in [-0.05, 0) is 48.3 Å². The standard InChI is InChI=1S/C33H33NO5/c1-2-24(20-22-12-6-3-7-13-22)31-28(27(26-18-19-26)25-16-10-5-11-17-25)30(35)29(32(36)39-31)34-33(37)38-21-23-14-8-4-9-15-23/h3-17,24,26-27,35H,2,18-21H2,1H3,(H,34,37). The third-order valence-electron chi connectivity index (χ3n) is 7.36. The molecule has 39 heavy (non-hydrogen) atoms. The zero-order chi connectivity index (χ0) is 27.2. The van der Waals surface area contributed by atoms with Gasteiger partial charge in [0.15, 0.2) is 11.4 Å². The van der Waals surface area contributed by atoms with E-state index >= 15 is 0 Å². The van der Waals surface area contributed by atoms with Crippen LogP contribution in [-0.4, -0.2) is 11.2 Å². The molecule has 1 saturated carbocycles.